The molecule has 6 nitrogen and oxygen atoms in total. The Labute approximate surface area is 186 Å². The zero-order chi connectivity index (χ0) is 21.3. The van der Waals surface area contributed by atoms with E-state index in [4.69, 9.17) is 31.2 Å². The van der Waals surface area contributed by atoms with Crippen molar-refractivity contribution < 1.29 is 18.9 Å². The van der Waals surface area contributed by atoms with Crippen LogP contribution in [-0.2, 0) is 11.3 Å². The molecule has 1 aromatic carbocycles. The minimum absolute atomic E-state index is 0.213. The van der Waals surface area contributed by atoms with Gasteiger partial charge in [-0.05, 0) is 50.0 Å². The predicted molar refractivity (Wildman–Crippen MR) is 123 cm³/mol. The minimum Gasteiger partial charge on any atom is -0.493 e. The number of benzene rings is 1. The van der Waals surface area contributed by atoms with E-state index < -0.39 is 0 Å². The van der Waals surface area contributed by atoms with Crippen LogP contribution in [0.1, 0.15) is 56.9 Å². The van der Waals surface area contributed by atoms with Gasteiger partial charge in [-0.2, -0.15) is 0 Å². The average molecular weight is 437 g/mol. The number of methoxy groups -OCH3 is 3. The van der Waals surface area contributed by atoms with Crippen LogP contribution in [0.5, 0.6) is 17.2 Å². The Bertz CT molecular complexity index is 686. The van der Waals surface area contributed by atoms with E-state index in [1.54, 1.807) is 21.3 Å². The third-order valence-electron chi connectivity index (χ3n) is 6.06. The molecule has 1 unspecified atom stereocenters. The maximum atomic E-state index is 5.91. The Morgan fingerprint density at radius 1 is 1.00 bits per heavy atom. The molecule has 0 amide bonds. The van der Waals surface area contributed by atoms with Crippen LogP contribution in [-0.4, -0.2) is 56.6 Å². The molecule has 0 radical (unpaired) electrons. The molecule has 168 valence electrons. The van der Waals surface area contributed by atoms with Crippen LogP contribution in [0.25, 0.3) is 0 Å². The molecule has 1 aromatic rings. The van der Waals surface area contributed by atoms with E-state index in [1.807, 2.05) is 12.1 Å². The first-order valence-corrected chi connectivity index (χ1v) is 11.5. The van der Waals surface area contributed by atoms with E-state index in [2.05, 4.69) is 10.2 Å². The molecule has 0 bridgehead atoms. The Balaban J connectivity index is 1.78. The number of hydrogen-bond donors (Lipinski definition) is 1. The summed E-state index contributed by atoms with van der Waals surface area (Å²) in [6.07, 6.45) is 9.98. The Morgan fingerprint density at radius 2 is 1.73 bits per heavy atom. The van der Waals surface area contributed by atoms with Gasteiger partial charge < -0.3 is 29.2 Å². The van der Waals surface area contributed by atoms with Gasteiger partial charge in [0.1, 0.15) is 0 Å². The molecule has 0 aromatic heterocycles. The van der Waals surface area contributed by atoms with Crippen LogP contribution in [0, 0.1) is 0 Å². The highest BCUT2D eigenvalue weighted by atomic mass is 32.1. The number of rotatable bonds is 8. The summed E-state index contributed by atoms with van der Waals surface area (Å²) in [7, 11) is 4.92. The van der Waals surface area contributed by atoms with Crippen molar-refractivity contribution >= 4 is 17.3 Å². The van der Waals surface area contributed by atoms with Gasteiger partial charge in [-0.3, -0.25) is 0 Å². The molecule has 1 N–H and O–H groups in total. The fraction of sp³-hybridized carbons (Fsp3) is 0.696. The van der Waals surface area contributed by atoms with E-state index in [1.165, 1.54) is 38.5 Å². The van der Waals surface area contributed by atoms with E-state index in [0.717, 1.165) is 36.7 Å². The van der Waals surface area contributed by atoms with E-state index in [-0.39, 0.29) is 6.10 Å². The second-order valence-electron chi connectivity index (χ2n) is 8.15. The third-order valence-corrected chi connectivity index (χ3v) is 6.44. The van der Waals surface area contributed by atoms with Crippen LogP contribution in [0.4, 0.5) is 0 Å². The molecular weight excluding hydrogens is 400 g/mol. The number of hydrogen-bond acceptors (Lipinski definition) is 5. The summed E-state index contributed by atoms with van der Waals surface area (Å²) in [6, 6.07) is 4.40. The van der Waals surface area contributed by atoms with Crippen molar-refractivity contribution in [3.05, 3.63) is 17.7 Å². The van der Waals surface area contributed by atoms with Gasteiger partial charge in [0.2, 0.25) is 5.75 Å². The molecule has 30 heavy (non-hydrogen) atoms. The lowest BCUT2D eigenvalue weighted by Gasteiger charge is -2.31. The van der Waals surface area contributed by atoms with Crippen LogP contribution < -0.4 is 19.5 Å². The van der Waals surface area contributed by atoms with Gasteiger partial charge >= 0.3 is 0 Å². The highest BCUT2D eigenvalue weighted by Gasteiger charge is 2.25. The lowest BCUT2D eigenvalue weighted by molar-refractivity contribution is 0.0893. The predicted octanol–water partition coefficient (Wildman–Crippen LogP) is 4.29. The van der Waals surface area contributed by atoms with Crippen molar-refractivity contribution in [3.8, 4) is 17.2 Å². The first-order chi connectivity index (χ1) is 14.7. The van der Waals surface area contributed by atoms with Crippen molar-refractivity contribution in [3.63, 3.8) is 0 Å². The molecule has 0 spiro atoms. The van der Waals surface area contributed by atoms with Gasteiger partial charge in [0.05, 0.1) is 27.4 Å². The van der Waals surface area contributed by atoms with Crippen LogP contribution in [0.15, 0.2) is 12.1 Å². The van der Waals surface area contributed by atoms with Crippen molar-refractivity contribution in [1.82, 2.24) is 10.2 Å². The molecule has 3 rings (SSSR count). The number of nitrogens with one attached hydrogen (secondary N) is 1. The Hall–Kier alpha value is -1.73. The highest BCUT2D eigenvalue weighted by Crippen LogP contribution is 2.40. The van der Waals surface area contributed by atoms with Crippen molar-refractivity contribution in [1.29, 1.82) is 0 Å². The zero-order valence-corrected chi connectivity index (χ0v) is 19.4. The van der Waals surface area contributed by atoms with E-state index in [0.29, 0.717) is 29.8 Å². The quantitative estimate of drug-likeness (QED) is 0.482. The van der Waals surface area contributed by atoms with Gasteiger partial charge in [-0.1, -0.05) is 25.7 Å². The summed E-state index contributed by atoms with van der Waals surface area (Å²) in [5.74, 6) is 1.95. The fourth-order valence-electron chi connectivity index (χ4n) is 4.44. The van der Waals surface area contributed by atoms with Crippen LogP contribution in [0.2, 0.25) is 0 Å². The molecule has 1 heterocycles. The fourth-order valence-corrected chi connectivity index (χ4v) is 4.74. The standard InChI is InChI=1S/C23H36N2O4S/c1-26-20-13-12-17(21(27-2)22(20)28-3)15-25(16-19-11-8-14-29-19)23(30)24-18-9-6-4-5-7-10-18/h12-13,18-19H,4-11,14-16H2,1-3H3,(H,24,30). The Morgan fingerprint density at radius 3 is 2.33 bits per heavy atom. The van der Waals surface area contributed by atoms with Crippen LogP contribution in [0.3, 0.4) is 0 Å². The Kier molecular flexibility index (Phi) is 8.88. The van der Waals surface area contributed by atoms with E-state index >= 15 is 0 Å². The van der Waals surface area contributed by atoms with Gasteiger partial charge in [0.15, 0.2) is 16.6 Å². The summed E-state index contributed by atoms with van der Waals surface area (Å²) in [4.78, 5) is 2.22. The van der Waals surface area contributed by atoms with E-state index in [9.17, 15) is 0 Å². The van der Waals surface area contributed by atoms with Crippen molar-refractivity contribution in [2.75, 3.05) is 34.5 Å². The molecule has 2 aliphatic rings. The topological polar surface area (TPSA) is 52.2 Å². The second kappa shape index (κ2) is 11.6. The smallest absolute Gasteiger partial charge is 0.203 e. The summed E-state index contributed by atoms with van der Waals surface area (Å²) >= 11 is 5.89. The molecule has 7 heteroatoms. The molecule has 1 aliphatic heterocycles. The first kappa shape index (κ1) is 22.9. The average Bonchev–Trinajstić information content (AvgIpc) is 3.14. The van der Waals surface area contributed by atoms with Crippen LogP contribution >= 0.6 is 12.2 Å². The molecule has 1 aliphatic carbocycles. The summed E-state index contributed by atoms with van der Waals surface area (Å²) in [5.41, 5.74) is 1.01. The van der Waals surface area contributed by atoms with Gasteiger partial charge in [0.25, 0.3) is 0 Å². The number of thiocarbonyl (C=S) groups is 1. The summed E-state index contributed by atoms with van der Waals surface area (Å²) < 4.78 is 22.6. The normalized spacial score (nSPS) is 19.8. The minimum atomic E-state index is 0.213. The number of ether oxygens (including phenoxy) is 4. The largest absolute Gasteiger partial charge is 0.493 e. The molecule has 1 saturated heterocycles. The lowest BCUT2D eigenvalue weighted by Crippen LogP contribution is -2.46. The second-order valence-corrected chi connectivity index (χ2v) is 8.53. The maximum absolute atomic E-state index is 5.91. The maximum Gasteiger partial charge on any atom is 0.203 e. The zero-order valence-electron chi connectivity index (χ0n) is 18.6. The van der Waals surface area contributed by atoms with Crippen molar-refractivity contribution in [2.24, 2.45) is 0 Å². The lowest BCUT2D eigenvalue weighted by atomic mass is 10.1. The molecule has 1 atom stereocenters. The SMILES string of the molecule is COc1ccc(CN(CC2CCCO2)C(=S)NC2CCCCCC2)c(OC)c1OC. The summed E-state index contributed by atoms with van der Waals surface area (Å²) in [6.45, 7) is 2.24. The molecule has 1 saturated carbocycles. The van der Waals surface area contributed by atoms with Gasteiger partial charge in [-0.15, -0.1) is 0 Å². The third kappa shape index (κ3) is 5.91. The monoisotopic (exact) mass is 436 g/mol. The van der Waals surface area contributed by atoms with Gasteiger partial charge in [0, 0.05) is 31.3 Å². The van der Waals surface area contributed by atoms with Crippen molar-refractivity contribution in [2.45, 2.75) is 70.1 Å². The molecular formula is C23H36N2O4S. The first-order valence-electron chi connectivity index (χ1n) is 11.1. The molecule has 2 fully saturated rings. The highest BCUT2D eigenvalue weighted by molar-refractivity contribution is 7.80. The number of nitrogens with zero attached hydrogens (tertiary/aromatic N) is 1. The summed E-state index contributed by atoms with van der Waals surface area (Å²) in [5, 5.41) is 4.45. The van der Waals surface area contributed by atoms with Gasteiger partial charge in [-0.25, -0.2) is 0 Å².